The average Bonchev–Trinajstić information content (AvgIpc) is 3.35. The van der Waals surface area contributed by atoms with Crippen LogP contribution in [0.3, 0.4) is 0 Å². The largest absolute Gasteiger partial charge is 0.489 e. The first-order chi connectivity index (χ1) is 17.7. The van der Waals surface area contributed by atoms with Crippen LogP contribution in [-0.2, 0) is 18.0 Å². The van der Waals surface area contributed by atoms with Crippen LogP contribution in [0.1, 0.15) is 28.4 Å². The number of esters is 1. The summed E-state index contributed by atoms with van der Waals surface area (Å²) in [4.78, 5) is 24.3. The molecule has 0 saturated heterocycles. The van der Waals surface area contributed by atoms with Crippen molar-refractivity contribution in [3.63, 3.8) is 0 Å². The summed E-state index contributed by atoms with van der Waals surface area (Å²) in [5.41, 5.74) is 4.38. The van der Waals surface area contributed by atoms with Gasteiger partial charge in [-0.05, 0) is 36.2 Å². The maximum Gasteiger partial charge on any atom is 0.339 e. The maximum atomic E-state index is 12.1. The van der Waals surface area contributed by atoms with Crippen LogP contribution < -0.4 is 9.47 Å². The molecular formula is C29H25N3O4. The van der Waals surface area contributed by atoms with Crippen LogP contribution in [0, 0.1) is 0 Å². The summed E-state index contributed by atoms with van der Waals surface area (Å²) in [6, 6.07) is 27.3. The molecule has 0 radical (unpaired) electrons. The highest BCUT2D eigenvalue weighted by Crippen LogP contribution is 2.34. The van der Waals surface area contributed by atoms with Crippen molar-refractivity contribution in [1.29, 1.82) is 0 Å². The van der Waals surface area contributed by atoms with E-state index in [-0.39, 0.29) is 0 Å². The third-order valence-electron chi connectivity index (χ3n) is 5.54. The van der Waals surface area contributed by atoms with E-state index in [9.17, 15) is 4.79 Å². The molecule has 2 heterocycles. The topological polar surface area (TPSA) is 86.3 Å². The maximum absolute atomic E-state index is 12.1. The summed E-state index contributed by atoms with van der Waals surface area (Å²) in [6.07, 6.45) is 1.47. The van der Waals surface area contributed by atoms with Crippen molar-refractivity contribution in [2.45, 2.75) is 20.1 Å². The normalized spacial score (nSPS) is 10.8. The Morgan fingerprint density at radius 3 is 2.25 bits per heavy atom. The van der Waals surface area contributed by atoms with E-state index in [1.807, 2.05) is 78.9 Å². The summed E-state index contributed by atoms with van der Waals surface area (Å²) in [5, 5.41) is 0. The summed E-state index contributed by atoms with van der Waals surface area (Å²) >= 11 is 0. The van der Waals surface area contributed by atoms with Crippen LogP contribution in [-0.4, -0.2) is 27.5 Å². The minimum atomic E-state index is -0.421. The number of fused-ring (bicyclic) bond motifs is 1. The summed E-state index contributed by atoms with van der Waals surface area (Å²) in [7, 11) is 0. The molecule has 0 aliphatic heterocycles. The fourth-order valence-electron chi connectivity index (χ4n) is 3.74. The van der Waals surface area contributed by atoms with E-state index in [0.717, 1.165) is 16.7 Å². The Balaban J connectivity index is 1.45. The number of imidazole rings is 1. The zero-order valence-electron chi connectivity index (χ0n) is 19.8. The molecule has 0 amide bonds. The highest BCUT2D eigenvalue weighted by Gasteiger charge is 2.16. The minimum Gasteiger partial charge on any atom is -0.489 e. The minimum absolute atomic E-state index is 0.298. The number of aromatic nitrogens is 3. The van der Waals surface area contributed by atoms with Gasteiger partial charge >= 0.3 is 5.97 Å². The highest BCUT2D eigenvalue weighted by molar-refractivity contribution is 5.92. The molecule has 0 spiro atoms. The van der Waals surface area contributed by atoms with Gasteiger partial charge in [-0.3, -0.25) is 0 Å². The molecule has 0 aliphatic carbocycles. The first-order valence-corrected chi connectivity index (χ1v) is 11.7. The van der Waals surface area contributed by atoms with Crippen LogP contribution in [0.2, 0.25) is 0 Å². The molecule has 36 heavy (non-hydrogen) atoms. The van der Waals surface area contributed by atoms with Crippen LogP contribution in [0.5, 0.6) is 11.5 Å². The first-order valence-electron chi connectivity index (χ1n) is 11.7. The molecule has 2 aromatic heterocycles. The predicted octanol–water partition coefficient (Wildman–Crippen LogP) is 5.96. The Hall–Kier alpha value is -4.65. The van der Waals surface area contributed by atoms with Gasteiger partial charge in [0.25, 0.3) is 0 Å². The lowest BCUT2D eigenvalue weighted by molar-refractivity contribution is 0.0526. The number of nitrogens with one attached hydrogen (secondary N) is 1. The Morgan fingerprint density at radius 1 is 0.861 bits per heavy atom. The van der Waals surface area contributed by atoms with Crippen molar-refractivity contribution < 1.29 is 19.0 Å². The van der Waals surface area contributed by atoms with Crippen LogP contribution in [0.15, 0.2) is 91.1 Å². The molecule has 0 bridgehead atoms. The van der Waals surface area contributed by atoms with Gasteiger partial charge in [-0.25, -0.2) is 14.8 Å². The monoisotopic (exact) mass is 479 g/mol. The number of hydrogen-bond donors (Lipinski definition) is 1. The number of carbonyl (C=O) groups is 1. The Labute approximate surface area is 208 Å². The van der Waals surface area contributed by atoms with Crippen molar-refractivity contribution in [3.8, 4) is 22.9 Å². The van der Waals surface area contributed by atoms with Gasteiger partial charge in [0, 0.05) is 12.3 Å². The number of H-pyrrole nitrogens is 1. The lowest BCUT2D eigenvalue weighted by Gasteiger charge is -2.13. The van der Waals surface area contributed by atoms with Crippen molar-refractivity contribution >= 4 is 17.1 Å². The molecule has 0 aliphatic rings. The highest BCUT2D eigenvalue weighted by atomic mass is 16.5. The molecule has 5 aromatic rings. The number of rotatable bonds is 9. The number of ether oxygens (including phenoxy) is 3. The van der Waals surface area contributed by atoms with Gasteiger partial charge < -0.3 is 19.2 Å². The smallest absolute Gasteiger partial charge is 0.339 e. The molecule has 3 aromatic carbocycles. The zero-order valence-corrected chi connectivity index (χ0v) is 19.8. The van der Waals surface area contributed by atoms with E-state index < -0.39 is 5.97 Å². The second-order valence-corrected chi connectivity index (χ2v) is 8.11. The lowest BCUT2D eigenvalue weighted by atomic mass is 10.1. The van der Waals surface area contributed by atoms with E-state index in [0.29, 0.717) is 53.9 Å². The van der Waals surface area contributed by atoms with Gasteiger partial charge in [-0.1, -0.05) is 60.7 Å². The van der Waals surface area contributed by atoms with Gasteiger partial charge in [-0.2, -0.15) is 0 Å². The quantitative estimate of drug-likeness (QED) is 0.263. The first kappa shape index (κ1) is 23.1. The van der Waals surface area contributed by atoms with Crippen LogP contribution >= 0.6 is 0 Å². The van der Waals surface area contributed by atoms with E-state index in [4.69, 9.17) is 14.2 Å². The van der Waals surface area contributed by atoms with E-state index in [1.54, 1.807) is 13.0 Å². The molecule has 0 saturated carbocycles. The SMILES string of the molecule is CCOC(=O)c1cnc2nc(-c3ccc(OCc4ccccc4)cc3OCc3ccccc3)[nH]c2c1. The Morgan fingerprint density at radius 2 is 1.56 bits per heavy atom. The Bertz CT molecular complexity index is 1470. The fourth-order valence-corrected chi connectivity index (χ4v) is 3.74. The number of benzene rings is 3. The number of hydrogen-bond acceptors (Lipinski definition) is 6. The van der Waals surface area contributed by atoms with E-state index in [1.165, 1.54) is 6.20 Å². The molecule has 7 nitrogen and oxygen atoms in total. The summed E-state index contributed by atoms with van der Waals surface area (Å²) in [6.45, 7) is 2.90. The zero-order chi connectivity index (χ0) is 24.7. The molecule has 0 unspecified atom stereocenters. The van der Waals surface area contributed by atoms with Crippen molar-refractivity contribution in [3.05, 3.63) is 108 Å². The molecule has 0 fully saturated rings. The standard InChI is InChI=1S/C29H25N3O4/c1-2-34-29(33)22-15-25-28(30-17-22)32-27(31-25)24-14-13-23(35-18-20-9-5-3-6-10-20)16-26(24)36-19-21-11-7-4-8-12-21/h3-17H,2,18-19H2,1H3,(H,30,31,32). The van der Waals surface area contributed by atoms with Crippen molar-refractivity contribution in [1.82, 2.24) is 15.0 Å². The van der Waals surface area contributed by atoms with E-state index in [2.05, 4.69) is 15.0 Å². The number of carbonyl (C=O) groups excluding carboxylic acids is 1. The second-order valence-electron chi connectivity index (χ2n) is 8.11. The number of aromatic amines is 1. The summed E-state index contributed by atoms with van der Waals surface area (Å²) < 4.78 is 17.3. The van der Waals surface area contributed by atoms with E-state index >= 15 is 0 Å². The molecule has 0 atom stereocenters. The Kier molecular flexibility index (Phi) is 6.89. The van der Waals surface area contributed by atoms with Gasteiger partial charge in [0.2, 0.25) is 0 Å². The molecule has 5 rings (SSSR count). The summed E-state index contributed by atoms with van der Waals surface area (Å²) in [5.74, 6) is 1.46. The van der Waals surface area contributed by atoms with Crippen molar-refractivity contribution in [2.75, 3.05) is 6.61 Å². The molecule has 180 valence electrons. The number of pyridine rings is 1. The van der Waals surface area contributed by atoms with Crippen LogP contribution in [0.25, 0.3) is 22.6 Å². The van der Waals surface area contributed by atoms with Crippen LogP contribution in [0.4, 0.5) is 0 Å². The van der Waals surface area contributed by atoms with Gasteiger partial charge in [0.1, 0.15) is 30.5 Å². The van der Waals surface area contributed by atoms with Crippen molar-refractivity contribution in [2.24, 2.45) is 0 Å². The molecule has 7 heteroatoms. The third-order valence-corrected chi connectivity index (χ3v) is 5.54. The van der Waals surface area contributed by atoms with Gasteiger partial charge in [-0.15, -0.1) is 0 Å². The lowest BCUT2D eigenvalue weighted by Crippen LogP contribution is -2.04. The van der Waals surface area contributed by atoms with Gasteiger partial charge in [0.05, 0.1) is 23.3 Å². The molecule has 1 N–H and O–H groups in total. The number of nitrogens with zero attached hydrogens (tertiary/aromatic N) is 2. The predicted molar refractivity (Wildman–Crippen MR) is 137 cm³/mol. The third kappa shape index (κ3) is 5.36. The average molecular weight is 480 g/mol. The fraction of sp³-hybridized carbons (Fsp3) is 0.138. The van der Waals surface area contributed by atoms with Gasteiger partial charge in [0.15, 0.2) is 5.65 Å². The molecular weight excluding hydrogens is 454 g/mol. The second kappa shape index (κ2) is 10.7.